The predicted molar refractivity (Wildman–Crippen MR) is 109 cm³/mol. The summed E-state index contributed by atoms with van der Waals surface area (Å²) in [5.41, 5.74) is 1.41. The fourth-order valence-electron chi connectivity index (χ4n) is 2.72. The molecule has 0 bridgehead atoms. The van der Waals surface area contributed by atoms with Gasteiger partial charge in [-0.25, -0.2) is 0 Å². The highest BCUT2D eigenvalue weighted by atomic mass is 16.5. The maximum atomic E-state index is 12.7. The Balaban J connectivity index is 2.20. The SMILES string of the molecule is CCOc1cccc(CNC(=O)c2cc(OCC)c(OCC)c(OCC)c2)c1. The number of benzene rings is 2. The lowest BCUT2D eigenvalue weighted by atomic mass is 10.1. The van der Waals surface area contributed by atoms with E-state index in [1.807, 2.05) is 52.0 Å². The Labute approximate surface area is 166 Å². The Morgan fingerprint density at radius 1 is 0.821 bits per heavy atom. The first kappa shape index (κ1) is 21.4. The zero-order valence-corrected chi connectivity index (χ0v) is 17.0. The lowest BCUT2D eigenvalue weighted by Gasteiger charge is -2.17. The van der Waals surface area contributed by atoms with Crippen LogP contribution < -0.4 is 24.3 Å². The molecule has 152 valence electrons. The topological polar surface area (TPSA) is 66.0 Å². The summed E-state index contributed by atoms with van der Waals surface area (Å²) in [5.74, 6) is 2.09. The smallest absolute Gasteiger partial charge is 0.251 e. The molecule has 0 saturated heterocycles. The average molecular weight is 387 g/mol. The highest BCUT2D eigenvalue weighted by Gasteiger charge is 2.18. The Bertz CT molecular complexity index is 748. The summed E-state index contributed by atoms with van der Waals surface area (Å²) in [7, 11) is 0. The van der Waals surface area contributed by atoms with Gasteiger partial charge in [0.2, 0.25) is 5.75 Å². The van der Waals surface area contributed by atoms with E-state index in [2.05, 4.69) is 5.32 Å². The molecule has 0 heterocycles. The summed E-state index contributed by atoms with van der Waals surface area (Å²) in [6.07, 6.45) is 0. The molecule has 0 aliphatic rings. The molecule has 6 heteroatoms. The zero-order valence-electron chi connectivity index (χ0n) is 17.0. The van der Waals surface area contributed by atoms with E-state index >= 15 is 0 Å². The van der Waals surface area contributed by atoms with Gasteiger partial charge in [-0.15, -0.1) is 0 Å². The second-order valence-corrected chi connectivity index (χ2v) is 5.86. The van der Waals surface area contributed by atoms with E-state index in [1.165, 1.54) is 0 Å². The quantitative estimate of drug-likeness (QED) is 0.626. The summed E-state index contributed by atoms with van der Waals surface area (Å²) >= 11 is 0. The van der Waals surface area contributed by atoms with Crippen LogP contribution in [0.1, 0.15) is 43.6 Å². The summed E-state index contributed by atoms with van der Waals surface area (Å²) in [4.78, 5) is 12.7. The lowest BCUT2D eigenvalue weighted by molar-refractivity contribution is 0.0949. The molecule has 0 unspecified atom stereocenters. The van der Waals surface area contributed by atoms with Gasteiger partial charge in [-0.2, -0.15) is 0 Å². The van der Waals surface area contributed by atoms with Crippen LogP contribution in [0.3, 0.4) is 0 Å². The van der Waals surface area contributed by atoms with Gasteiger partial charge in [0.1, 0.15) is 5.75 Å². The molecule has 2 aromatic rings. The highest BCUT2D eigenvalue weighted by molar-refractivity contribution is 5.95. The van der Waals surface area contributed by atoms with E-state index in [0.29, 0.717) is 55.8 Å². The normalized spacial score (nSPS) is 10.3. The standard InChI is InChI=1S/C22H29NO5/c1-5-25-18-11-9-10-16(12-18)15-23-22(24)17-13-19(26-6-2)21(28-8-4)20(14-17)27-7-3/h9-14H,5-8,15H2,1-4H3,(H,23,24). The van der Waals surface area contributed by atoms with E-state index in [0.717, 1.165) is 11.3 Å². The van der Waals surface area contributed by atoms with Crippen LogP contribution in [0.2, 0.25) is 0 Å². The lowest BCUT2D eigenvalue weighted by Crippen LogP contribution is -2.23. The van der Waals surface area contributed by atoms with Crippen molar-refractivity contribution in [2.75, 3.05) is 26.4 Å². The van der Waals surface area contributed by atoms with Gasteiger partial charge in [-0.3, -0.25) is 4.79 Å². The predicted octanol–water partition coefficient (Wildman–Crippen LogP) is 4.21. The molecule has 0 fully saturated rings. The minimum Gasteiger partial charge on any atom is -0.494 e. The molecule has 6 nitrogen and oxygen atoms in total. The number of nitrogens with one attached hydrogen (secondary N) is 1. The number of amides is 1. The number of hydrogen-bond acceptors (Lipinski definition) is 5. The molecule has 1 N–H and O–H groups in total. The van der Waals surface area contributed by atoms with Gasteiger partial charge in [0.05, 0.1) is 26.4 Å². The summed E-state index contributed by atoms with van der Waals surface area (Å²) in [5, 5.41) is 2.93. The van der Waals surface area contributed by atoms with Crippen LogP contribution in [-0.2, 0) is 6.54 Å². The number of hydrogen-bond donors (Lipinski definition) is 1. The molecule has 0 saturated carbocycles. The molecule has 0 atom stereocenters. The first-order valence-corrected chi connectivity index (χ1v) is 9.69. The number of ether oxygens (including phenoxy) is 4. The number of carbonyl (C=O) groups excluding carboxylic acids is 1. The first-order valence-electron chi connectivity index (χ1n) is 9.69. The minimum atomic E-state index is -0.216. The molecule has 2 aromatic carbocycles. The fraction of sp³-hybridized carbons (Fsp3) is 0.409. The Kier molecular flexibility index (Phi) is 8.46. The first-order chi connectivity index (χ1) is 13.6. The van der Waals surface area contributed by atoms with E-state index in [9.17, 15) is 4.79 Å². The van der Waals surface area contributed by atoms with Gasteiger partial charge in [0.15, 0.2) is 11.5 Å². The third kappa shape index (κ3) is 5.81. The van der Waals surface area contributed by atoms with Gasteiger partial charge in [0.25, 0.3) is 5.91 Å². The van der Waals surface area contributed by atoms with E-state index < -0.39 is 0 Å². The van der Waals surface area contributed by atoms with Crippen molar-refractivity contribution in [3.8, 4) is 23.0 Å². The van der Waals surface area contributed by atoms with Gasteiger partial charge in [0, 0.05) is 12.1 Å². The van der Waals surface area contributed by atoms with Crippen LogP contribution in [0, 0.1) is 0 Å². The fourth-order valence-corrected chi connectivity index (χ4v) is 2.72. The van der Waals surface area contributed by atoms with Crippen LogP contribution in [0.25, 0.3) is 0 Å². The maximum Gasteiger partial charge on any atom is 0.251 e. The minimum absolute atomic E-state index is 0.216. The molecule has 0 radical (unpaired) electrons. The van der Waals surface area contributed by atoms with Gasteiger partial charge in [-0.05, 0) is 57.5 Å². The Morgan fingerprint density at radius 3 is 2.00 bits per heavy atom. The number of rotatable bonds is 11. The zero-order chi connectivity index (χ0) is 20.4. The molecule has 1 amide bonds. The monoisotopic (exact) mass is 387 g/mol. The van der Waals surface area contributed by atoms with Crippen molar-refractivity contribution in [1.82, 2.24) is 5.32 Å². The Morgan fingerprint density at radius 2 is 1.43 bits per heavy atom. The molecule has 0 aliphatic carbocycles. The maximum absolute atomic E-state index is 12.7. The molecule has 0 aliphatic heterocycles. The second kappa shape index (κ2) is 11.1. The van der Waals surface area contributed by atoms with Gasteiger partial charge in [-0.1, -0.05) is 12.1 Å². The third-order valence-electron chi connectivity index (χ3n) is 3.83. The van der Waals surface area contributed by atoms with Crippen LogP contribution in [0.15, 0.2) is 36.4 Å². The third-order valence-corrected chi connectivity index (χ3v) is 3.83. The number of carbonyl (C=O) groups is 1. The van der Waals surface area contributed by atoms with Crippen molar-refractivity contribution in [2.45, 2.75) is 34.2 Å². The van der Waals surface area contributed by atoms with Crippen molar-refractivity contribution >= 4 is 5.91 Å². The van der Waals surface area contributed by atoms with Crippen LogP contribution >= 0.6 is 0 Å². The van der Waals surface area contributed by atoms with E-state index in [-0.39, 0.29) is 5.91 Å². The van der Waals surface area contributed by atoms with E-state index in [4.69, 9.17) is 18.9 Å². The van der Waals surface area contributed by atoms with Crippen LogP contribution in [-0.4, -0.2) is 32.3 Å². The van der Waals surface area contributed by atoms with Crippen LogP contribution in [0.5, 0.6) is 23.0 Å². The molecule has 28 heavy (non-hydrogen) atoms. The Hall–Kier alpha value is -2.89. The summed E-state index contributed by atoms with van der Waals surface area (Å²) in [6, 6.07) is 11.0. The molecule has 0 aromatic heterocycles. The van der Waals surface area contributed by atoms with Crippen molar-refractivity contribution in [3.05, 3.63) is 47.5 Å². The highest BCUT2D eigenvalue weighted by Crippen LogP contribution is 2.39. The van der Waals surface area contributed by atoms with Gasteiger partial charge < -0.3 is 24.3 Å². The second-order valence-electron chi connectivity index (χ2n) is 5.86. The molecule has 2 rings (SSSR count). The molecular weight excluding hydrogens is 358 g/mol. The molecule has 0 spiro atoms. The van der Waals surface area contributed by atoms with Gasteiger partial charge >= 0.3 is 0 Å². The van der Waals surface area contributed by atoms with Crippen molar-refractivity contribution in [2.24, 2.45) is 0 Å². The molecular formula is C22H29NO5. The summed E-state index contributed by atoms with van der Waals surface area (Å²) < 4.78 is 22.5. The van der Waals surface area contributed by atoms with Crippen molar-refractivity contribution in [1.29, 1.82) is 0 Å². The van der Waals surface area contributed by atoms with Crippen molar-refractivity contribution in [3.63, 3.8) is 0 Å². The average Bonchev–Trinajstić information content (AvgIpc) is 2.69. The largest absolute Gasteiger partial charge is 0.494 e. The van der Waals surface area contributed by atoms with Crippen LogP contribution in [0.4, 0.5) is 0 Å². The summed E-state index contributed by atoms with van der Waals surface area (Å²) in [6.45, 7) is 9.98. The van der Waals surface area contributed by atoms with E-state index in [1.54, 1.807) is 12.1 Å². The van der Waals surface area contributed by atoms with Crippen molar-refractivity contribution < 1.29 is 23.7 Å².